The summed E-state index contributed by atoms with van der Waals surface area (Å²) in [6.07, 6.45) is 2.75. The summed E-state index contributed by atoms with van der Waals surface area (Å²) >= 11 is 14.8. The molecule has 0 N–H and O–H groups in total. The molecule has 0 amide bonds. The average molecular weight is 311 g/mol. The molecule has 0 fully saturated rings. The molecule has 0 radical (unpaired) electrons. The molecule has 1 heterocycles. The van der Waals surface area contributed by atoms with Crippen LogP contribution in [0.4, 0.5) is 0 Å². The van der Waals surface area contributed by atoms with Gasteiger partial charge in [-0.15, -0.1) is 0 Å². The number of hydrogen-bond acceptors (Lipinski definition) is 3. The zero-order chi connectivity index (χ0) is 11.4. The van der Waals surface area contributed by atoms with Gasteiger partial charge >= 0.3 is 5.97 Å². The molecule has 0 atom stereocenters. The molecular formula is C9H6BrCl2NO2. The van der Waals surface area contributed by atoms with Crippen LogP contribution in [-0.4, -0.2) is 18.1 Å². The van der Waals surface area contributed by atoms with Crippen LogP contribution in [0.25, 0.3) is 6.08 Å². The number of pyridine rings is 1. The van der Waals surface area contributed by atoms with E-state index >= 15 is 0 Å². The quantitative estimate of drug-likeness (QED) is 0.478. The summed E-state index contributed by atoms with van der Waals surface area (Å²) < 4.78 is 5.10. The Balaban J connectivity index is 3.05. The highest BCUT2D eigenvalue weighted by Gasteiger charge is 2.06. The minimum absolute atomic E-state index is 0.217. The van der Waals surface area contributed by atoms with Crippen LogP contribution in [0.5, 0.6) is 0 Å². The molecule has 15 heavy (non-hydrogen) atoms. The van der Waals surface area contributed by atoms with Crippen molar-refractivity contribution in [3.8, 4) is 0 Å². The third kappa shape index (κ3) is 3.48. The van der Waals surface area contributed by atoms with Crippen molar-refractivity contribution in [1.29, 1.82) is 0 Å². The molecule has 6 heteroatoms. The van der Waals surface area contributed by atoms with Crippen LogP contribution in [-0.2, 0) is 9.53 Å². The van der Waals surface area contributed by atoms with E-state index in [1.165, 1.54) is 19.3 Å². The van der Waals surface area contributed by atoms with Crippen molar-refractivity contribution in [3.63, 3.8) is 0 Å². The van der Waals surface area contributed by atoms with Gasteiger partial charge in [-0.3, -0.25) is 0 Å². The Morgan fingerprint density at radius 3 is 2.80 bits per heavy atom. The van der Waals surface area contributed by atoms with Crippen molar-refractivity contribution in [2.75, 3.05) is 7.11 Å². The van der Waals surface area contributed by atoms with Crippen molar-refractivity contribution in [2.45, 2.75) is 0 Å². The molecule has 0 saturated heterocycles. The zero-order valence-electron chi connectivity index (χ0n) is 7.63. The summed E-state index contributed by atoms with van der Waals surface area (Å²) in [6, 6.07) is 1.59. The van der Waals surface area contributed by atoms with Crippen molar-refractivity contribution < 1.29 is 9.53 Å². The third-order valence-electron chi connectivity index (χ3n) is 1.52. The Bertz CT molecular complexity index is 398. The van der Waals surface area contributed by atoms with Gasteiger partial charge in [-0.2, -0.15) is 0 Å². The first-order chi connectivity index (χ1) is 7.04. The Morgan fingerprint density at radius 1 is 1.60 bits per heavy atom. The highest BCUT2D eigenvalue weighted by atomic mass is 79.9. The second-order valence-electron chi connectivity index (χ2n) is 2.49. The van der Waals surface area contributed by atoms with E-state index in [-0.39, 0.29) is 10.3 Å². The number of carbonyl (C=O) groups is 1. The SMILES string of the molecule is COC(=O)/C=C/c1c(Br)cc(Cl)nc1Cl. The Morgan fingerprint density at radius 2 is 2.27 bits per heavy atom. The molecule has 3 nitrogen and oxygen atoms in total. The molecule has 80 valence electrons. The van der Waals surface area contributed by atoms with Crippen molar-refractivity contribution in [3.05, 3.63) is 32.5 Å². The normalized spacial score (nSPS) is 10.7. The summed E-state index contributed by atoms with van der Waals surface area (Å²) in [7, 11) is 1.30. The van der Waals surface area contributed by atoms with Crippen LogP contribution in [0.15, 0.2) is 16.6 Å². The number of ether oxygens (including phenoxy) is 1. The predicted molar refractivity (Wildman–Crippen MR) is 63.0 cm³/mol. The first-order valence-corrected chi connectivity index (χ1v) is 5.37. The Hall–Kier alpha value is -0.580. The van der Waals surface area contributed by atoms with E-state index in [9.17, 15) is 4.79 Å². The fourth-order valence-corrected chi connectivity index (χ4v) is 2.11. The second kappa shape index (κ2) is 5.49. The van der Waals surface area contributed by atoms with Gasteiger partial charge in [0.05, 0.1) is 7.11 Å². The number of halogens is 3. The molecule has 0 saturated carbocycles. The van der Waals surface area contributed by atoms with E-state index in [2.05, 4.69) is 25.7 Å². The molecule has 0 spiro atoms. The fourth-order valence-electron chi connectivity index (χ4n) is 0.835. The maximum absolute atomic E-state index is 10.9. The molecular weight excluding hydrogens is 305 g/mol. The van der Waals surface area contributed by atoms with E-state index in [0.717, 1.165) is 0 Å². The molecule has 0 aromatic carbocycles. The lowest BCUT2D eigenvalue weighted by atomic mass is 10.2. The van der Waals surface area contributed by atoms with Crippen LogP contribution in [0, 0.1) is 0 Å². The van der Waals surface area contributed by atoms with Crippen LogP contribution in [0.1, 0.15) is 5.56 Å². The molecule has 0 unspecified atom stereocenters. The fraction of sp³-hybridized carbons (Fsp3) is 0.111. The molecule has 1 aromatic heterocycles. The number of aromatic nitrogens is 1. The van der Waals surface area contributed by atoms with Crippen molar-refractivity contribution in [2.24, 2.45) is 0 Å². The smallest absolute Gasteiger partial charge is 0.330 e. The number of nitrogens with zero attached hydrogens (tertiary/aromatic N) is 1. The minimum Gasteiger partial charge on any atom is -0.466 e. The first-order valence-electron chi connectivity index (χ1n) is 3.82. The maximum Gasteiger partial charge on any atom is 0.330 e. The lowest BCUT2D eigenvalue weighted by Gasteiger charge is -2.01. The van der Waals surface area contributed by atoms with Gasteiger partial charge in [0.15, 0.2) is 0 Å². The van der Waals surface area contributed by atoms with E-state index in [1.807, 2.05) is 0 Å². The number of hydrogen-bond donors (Lipinski definition) is 0. The van der Waals surface area contributed by atoms with Crippen LogP contribution in [0.3, 0.4) is 0 Å². The highest BCUT2D eigenvalue weighted by Crippen LogP contribution is 2.27. The number of rotatable bonds is 2. The highest BCUT2D eigenvalue weighted by molar-refractivity contribution is 9.10. The van der Waals surface area contributed by atoms with Gasteiger partial charge < -0.3 is 4.74 Å². The predicted octanol–water partition coefficient (Wildman–Crippen LogP) is 3.34. The van der Waals surface area contributed by atoms with Gasteiger partial charge in [0.2, 0.25) is 0 Å². The number of esters is 1. The van der Waals surface area contributed by atoms with Crippen LogP contribution in [0.2, 0.25) is 10.3 Å². The monoisotopic (exact) mass is 309 g/mol. The molecule has 0 bridgehead atoms. The van der Waals surface area contributed by atoms with Gasteiger partial charge in [-0.05, 0) is 28.1 Å². The third-order valence-corrected chi connectivity index (χ3v) is 2.66. The van der Waals surface area contributed by atoms with Gasteiger partial charge in [-0.1, -0.05) is 23.2 Å². The Labute approximate surface area is 105 Å². The molecule has 0 aliphatic carbocycles. The van der Waals surface area contributed by atoms with Crippen molar-refractivity contribution >= 4 is 51.2 Å². The van der Waals surface area contributed by atoms with Crippen LogP contribution >= 0.6 is 39.1 Å². The zero-order valence-corrected chi connectivity index (χ0v) is 10.7. The number of methoxy groups -OCH3 is 1. The molecule has 1 aromatic rings. The standard InChI is InChI=1S/C9H6BrCl2NO2/c1-15-8(14)3-2-5-6(10)4-7(11)13-9(5)12/h2-4H,1H3/b3-2+. The topological polar surface area (TPSA) is 39.2 Å². The van der Waals surface area contributed by atoms with Gasteiger partial charge in [0, 0.05) is 16.1 Å². The first kappa shape index (κ1) is 12.5. The summed E-state index contributed by atoms with van der Waals surface area (Å²) in [5.74, 6) is -0.465. The van der Waals surface area contributed by atoms with E-state index in [4.69, 9.17) is 23.2 Å². The van der Waals surface area contributed by atoms with Gasteiger partial charge in [-0.25, -0.2) is 9.78 Å². The molecule has 1 rings (SSSR count). The summed E-state index contributed by atoms with van der Waals surface area (Å²) in [4.78, 5) is 14.7. The second-order valence-corrected chi connectivity index (χ2v) is 4.09. The van der Waals surface area contributed by atoms with E-state index in [1.54, 1.807) is 6.07 Å². The number of carbonyl (C=O) groups excluding carboxylic acids is 1. The summed E-state index contributed by atoms with van der Waals surface area (Å²) in [5, 5.41) is 0.497. The molecule has 0 aliphatic heterocycles. The van der Waals surface area contributed by atoms with E-state index in [0.29, 0.717) is 10.0 Å². The van der Waals surface area contributed by atoms with Crippen LogP contribution < -0.4 is 0 Å². The van der Waals surface area contributed by atoms with Gasteiger partial charge in [0.25, 0.3) is 0 Å². The lowest BCUT2D eigenvalue weighted by Crippen LogP contribution is -1.94. The largest absolute Gasteiger partial charge is 0.466 e. The summed E-state index contributed by atoms with van der Waals surface area (Å²) in [6.45, 7) is 0. The molecule has 0 aliphatic rings. The Kier molecular flexibility index (Phi) is 4.57. The lowest BCUT2D eigenvalue weighted by molar-refractivity contribution is -0.134. The summed E-state index contributed by atoms with van der Waals surface area (Å²) in [5.41, 5.74) is 0.575. The average Bonchev–Trinajstić information content (AvgIpc) is 2.15. The van der Waals surface area contributed by atoms with E-state index < -0.39 is 5.97 Å². The maximum atomic E-state index is 10.9. The van der Waals surface area contributed by atoms with Gasteiger partial charge in [0.1, 0.15) is 10.3 Å². The van der Waals surface area contributed by atoms with Crippen molar-refractivity contribution in [1.82, 2.24) is 4.98 Å². The minimum atomic E-state index is -0.465.